The summed E-state index contributed by atoms with van der Waals surface area (Å²) in [5.74, 6) is -0.230. The Bertz CT molecular complexity index is 351. The molecule has 1 rings (SSSR count). The lowest BCUT2D eigenvalue weighted by molar-refractivity contribution is 0.0953. The minimum absolute atomic E-state index is 0. The van der Waals surface area contributed by atoms with E-state index in [9.17, 15) is 4.79 Å². The molecule has 17 heavy (non-hydrogen) atoms. The maximum Gasteiger partial charge on any atom is 0.254 e. The van der Waals surface area contributed by atoms with Gasteiger partial charge >= 0.3 is 0 Å². The third kappa shape index (κ3) is 5.13. The highest BCUT2D eigenvalue weighted by Crippen LogP contribution is 2.23. The van der Waals surface area contributed by atoms with Crippen molar-refractivity contribution in [2.75, 3.05) is 20.1 Å². The van der Waals surface area contributed by atoms with Gasteiger partial charge in [-0.05, 0) is 32.1 Å². The fourth-order valence-electron chi connectivity index (χ4n) is 1.27. The topological polar surface area (TPSA) is 41.1 Å². The van der Waals surface area contributed by atoms with Crippen molar-refractivity contribution in [3.05, 3.63) is 33.8 Å². The first-order chi connectivity index (χ1) is 7.66. The van der Waals surface area contributed by atoms with Crippen molar-refractivity contribution in [3.63, 3.8) is 0 Å². The second kappa shape index (κ2) is 8.59. The van der Waals surface area contributed by atoms with E-state index in [-0.39, 0.29) is 18.3 Å². The molecule has 0 unspecified atom stereocenters. The van der Waals surface area contributed by atoms with Gasteiger partial charge in [-0.2, -0.15) is 0 Å². The predicted molar refractivity (Wildman–Crippen MR) is 74.6 cm³/mol. The average molecular weight is 298 g/mol. The van der Waals surface area contributed by atoms with Gasteiger partial charge in [0.05, 0.1) is 15.6 Å². The molecule has 0 saturated heterocycles. The first-order valence-corrected chi connectivity index (χ1v) is 5.79. The van der Waals surface area contributed by atoms with Gasteiger partial charge in [-0.25, -0.2) is 0 Å². The number of rotatable bonds is 5. The number of hydrogen-bond acceptors (Lipinski definition) is 2. The lowest BCUT2D eigenvalue weighted by Crippen LogP contribution is -2.27. The fraction of sp³-hybridized carbons (Fsp3) is 0.364. The van der Waals surface area contributed by atoms with Crippen LogP contribution in [0, 0.1) is 0 Å². The van der Waals surface area contributed by atoms with Crippen molar-refractivity contribution < 1.29 is 4.79 Å². The fourth-order valence-corrected chi connectivity index (χ4v) is 1.84. The van der Waals surface area contributed by atoms with Crippen molar-refractivity contribution in [1.29, 1.82) is 0 Å². The van der Waals surface area contributed by atoms with Crippen LogP contribution in [0.2, 0.25) is 10.0 Å². The summed E-state index contributed by atoms with van der Waals surface area (Å²) in [5, 5.41) is 6.52. The number of halogens is 3. The van der Waals surface area contributed by atoms with Crippen LogP contribution in [0.5, 0.6) is 0 Å². The van der Waals surface area contributed by atoms with Gasteiger partial charge in [-0.3, -0.25) is 4.79 Å². The number of carbonyl (C=O) groups excluding carboxylic acids is 1. The van der Waals surface area contributed by atoms with E-state index >= 15 is 0 Å². The molecule has 0 saturated carbocycles. The zero-order valence-electron chi connectivity index (χ0n) is 9.43. The molecule has 0 aromatic heterocycles. The summed E-state index contributed by atoms with van der Waals surface area (Å²) in [6.07, 6.45) is 0.865. The quantitative estimate of drug-likeness (QED) is 0.821. The average Bonchev–Trinajstić information content (AvgIpc) is 2.24. The third-order valence-corrected chi connectivity index (χ3v) is 2.71. The maximum atomic E-state index is 11.7. The van der Waals surface area contributed by atoms with E-state index in [1.165, 1.54) is 0 Å². The predicted octanol–water partition coefficient (Wildman–Crippen LogP) is 2.75. The van der Waals surface area contributed by atoms with Crippen molar-refractivity contribution in [1.82, 2.24) is 10.6 Å². The van der Waals surface area contributed by atoms with E-state index < -0.39 is 0 Å². The third-order valence-electron chi connectivity index (χ3n) is 2.08. The molecule has 1 aromatic carbocycles. The minimum atomic E-state index is -0.230. The summed E-state index contributed by atoms with van der Waals surface area (Å²) >= 11 is 11.8. The van der Waals surface area contributed by atoms with Crippen LogP contribution in [0.1, 0.15) is 16.8 Å². The summed E-state index contributed by atoms with van der Waals surface area (Å²) in [5.41, 5.74) is 0.343. The van der Waals surface area contributed by atoms with Crippen molar-refractivity contribution in [2.45, 2.75) is 6.42 Å². The molecule has 0 radical (unpaired) electrons. The Kier molecular flexibility index (Phi) is 8.35. The van der Waals surface area contributed by atoms with Crippen LogP contribution in [0.4, 0.5) is 0 Å². The highest BCUT2D eigenvalue weighted by molar-refractivity contribution is 6.39. The first-order valence-electron chi connectivity index (χ1n) is 5.03. The molecule has 6 heteroatoms. The summed E-state index contributed by atoms with van der Waals surface area (Å²) in [4.78, 5) is 11.7. The Balaban J connectivity index is 0.00000256. The second-order valence-electron chi connectivity index (χ2n) is 3.31. The van der Waals surface area contributed by atoms with Crippen LogP contribution in [-0.2, 0) is 0 Å². The second-order valence-corrected chi connectivity index (χ2v) is 4.12. The van der Waals surface area contributed by atoms with Gasteiger partial charge in [0.25, 0.3) is 5.91 Å². The zero-order chi connectivity index (χ0) is 12.0. The largest absolute Gasteiger partial charge is 0.352 e. The SMILES string of the molecule is CNCCCNC(=O)c1c(Cl)cccc1Cl.Cl. The summed E-state index contributed by atoms with van der Waals surface area (Å²) in [6.45, 7) is 1.46. The highest BCUT2D eigenvalue weighted by Gasteiger charge is 2.13. The molecule has 0 aliphatic carbocycles. The first kappa shape index (κ1) is 16.5. The molecule has 3 nitrogen and oxygen atoms in total. The Morgan fingerprint density at radius 2 is 1.82 bits per heavy atom. The smallest absolute Gasteiger partial charge is 0.254 e. The molecule has 2 N–H and O–H groups in total. The summed E-state index contributed by atoms with van der Waals surface area (Å²) in [7, 11) is 1.87. The molecule has 0 aliphatic heterocycles. The Hall–Kier alpha value is -0.480. The molecule has 0 spiro atoms. The van der Waals surface area contributed by atoms with E-state index in [1.807, 2.05) is 7.05 Å². The monoisotopic (exact) mass is 296 g/mol. The Morgan fingerprint density at radius 3 is 2.35 bits per heavy atom. The number of hydrogen-bond donors (Lipinski definition) is 2. The van der Waals surface area contributed by atoms with Gasteiger partial charge in [0, 0.05) is 6.54 Å². The van der Waals surface area contributed by atoms with Crippen LogP contribution in [-0.4, -0.2) is 26.0 Å². The number of nitrogens with one attached hydrogen (secondary N) is 2. The van der Waals surface area contributed by atoms with Crippen molar-refractivity contribution in [2.24, 2.45) is 0 Å². The molecule has 96 valence electrons. The van der Waals surface area contributed by atoms with Crippen molar-refractivity contribution >= 4 is 41.5 Å². The number of benzene rings is 1. The van der Waals surface area contributed by atoms with Gasteiger partial charge in [-0.1, -0.05) is 29.3 Å². The molecular formula is C11H15Cl3N2O. The molecule has 0 fully saturated rings. The van der Waals surface area contributed by atoms with Crippen LogP contribution in [0.3, 0.4) is 0 Å². The molecule has 0 atom stereocenters. The van der Waals surface area contributed by atoms with Crippen LogP contribution in [0.15, 0.2) is 18.2 Å². The summed E-state index contributed by atoms with van der Waals surface area (Å²) < 4.78 is 0. The van der Waals surface area contributed by atoms with Gasteiger partial charge in [0.15, 0.2) is 0 Å². The van der Waals surface area contributed by atoms with Crippen LogP contribution < -0.4 is 10.6 Å². The summed E-state index contributed by atoms with van der Waals surface area (Å²) in [6, 6.07) is 5.01. The van der Waals surface area contributed by atoms with Crippen LogP contribution >= 0.6 is 35.6 Å². The standard InChI is InChI=1S/C11H14Cl2N2O.ClH/c1-14-6-3-7-15-11(16)10-8(12)4-2-5-9(10)13;/h2,4-5,14H,3,6-7H2,1H3,(H,15,16);1H. The van der Waals surface area contributed by atoms with Gasteiger partial charge in [-0.15, -0.1) is 12.4 Å². The lowest BCUT2D eigenvalue weighted by Gasteiger charge is -2.07. The highest BCUT2D eigenvalue weighted by atomic mass is 35.5. The van der Waals surface area contributed by atoms with E-state index in [4.69, 9.17) is 23.2 Å². The zero-order valence-corrected chi connectivity index (χ0v) is 11.8. The van der Waals surface area contributed by atoms with E-state index in [0.717, 1.165) is 13.0 Å². The molecular weight excluding hydrogens is 282 g/mol. The lowest BCUT2D eigenvalue weighted by atomic mass is 10.2. The van der Waals surface area contributed by atoms with Gasteiger partial charge in [0.1, 0.15) is 0 Å². The van der Waals surface area contributed by atoms with Crippen molar-refractivity contribution in [3.8, 4) is 0 Å². The van der Waals surface area contributed by atoms with E-state index in [2.05, 4.69) is 10.6 Å². The van der Waals surface area contributed by atoms with E-state index in [0.29, 0.717) is 22.2 Å². The normalized spacial score (nSPS) is 9.59. The number of amides is 1. The molecule has 0 aliphatic rings. The Labute approximate surface area is 117 Å². The minimum Gasteiger partial charge on any atom is -0.352 e. The number of carbonyl (C=O) groups is 1. The molecule has 1 aromatic rings. The Morgan fingerprint density at radius 1 is 1.24 bits per heavy atom. The van der Waals surface area contributed by atoms with Gasteiger partial charge < -0.3 is 10.6 Å². The molecule has 0 heterocycles. The maximum absolute atomic E-state index is 11.7. The molecule has 1 amide bonds. The molecule has 0 bridgehead atoms. The van der Waals surface area contributed by atoms with Gasteiger partial charge in [0.2, 0.25) is 0 Å². The van der Waals surface area contributed by atoms with E-state index in [1.54, 1.807) is 18.2 Å². The van der Waals surface area contributed by atoms with Crippen LogP contribution in [0.25, 0.3) is 0 Å².